The van der Waals surface area contributed by atoms with Gasteiger partial charge in [-0.1, -0.05) is 6.92 Å². The van der Waals surface area contributed by atoms with Crippen LogP contribution in [0.3, 0.4) is 0 Å². The molecular formula is C7H20NO7P. The van der Waals surface area contributed by atoms with E-state index in [1.54, 1.807) is 14.0 Å². The second-order valence-electron chi connectivity index (χ2n) is 2.81. The summed E-state index contributed by atoms with van der Waals surface area (Å²) in [6.07, 6.45) is -1.21. The first kappa shape index (κ1) is 18.3. The van der Waals surface area contributed by atoms with Crippen molar-refractivity contribution in [3.63, 3.8) is 0 Å². The minimum Gasteiger partial charge on any atom is -0.395 e. The molecule has 0 aliphatic heterocycles. The Hall–Kier alpha value is -0.0500. The Balaban J connectivity index is 0. The van der Waals surface area contributed by atoms with E-state index in [0.29, 0.717) is 0 Å². The lowest BCUT2D eigenvalue weighted by Crippen LogP contribution is -2.32. The maximum absolute atomic E-state index is 9.91. The Morgan fingerprint density at radius 1 is 1.31 bits per heavy atom. The zero-order valence-corrected chi connectivity index (χ0v) is 10.2. The molecule has 0 rings (SSSR count). The molecular weight excluding hydrogens is 241 g/mol. The van der Waals surface area contributed by atoms with Gasteiger partial charge in [0.1, 0.15) is 0 Å². The van der Waals surface area contributed by atoms with Crippen LogP contribution in [0.25, 0.3) is 0 Å². The zero-order chi connectivity index (χ0) is 13.2. The summed E-state index contributed by atoms with van der Waals surface area (Å²) in [7, 11) is -2.80. The fraction of sp³-hybridized carbons (Fsp3) is 1.00. The summed E-state index contributed by atoms with van der Waals surface area (Å²) < 4.78 is 13.7. The Bertz CT molecular complexity index is 188. The van der Waals surface area contributed by atoms with Gasteiger partial charge < -0.3 is 30.4 Å². The second-order valence-corrected chi connectivity index (χ2v) is 4.00. The molecule has 9 heteroatoms. The molecule has 0 fully saturated rings. The van der Waals surface area contributed by atoms with Crippen LogP contribution >= 0.6 is 7.82 Å². The Morgan fingerprint density at radius 3 is 1.81 bits per heavy atom. The van der Waals surface area contributed by atoms with E-state index in [1.807, 2.05) is 0 Å². The lowest BCUT2D eigenvalue weighted by atomic mass is 10.3. The molecule has 0 heterocycles. The molecule has 1 unspecified atom stereocenters. The van der Waals surface area contributed by atoms with Crippen LogP contribution in [0.15, 0.2) is 0 Å². The lowest BCUT2D eigenvalue weighted by molar-refractivity contribution is -0.0378. The van der Waals surface area contributed by atoms with E-state index in [-0.39, 0.29) is 25.7 Å². The number of hydrogen-bond donors (Lipinski definition) is 6. The van der Waals surface area contributed by atoms with Crippen LogP contribution in [0.4, 0.5) is 0 Å². The summed E-state index contributed by atoms with van der Waals surface area (Å²) in [4.78, 5) is 16.1. The van der Waals surface area contributed by atoms with Crippen molar-refractivity contribution in [1.29, 1.82) is 0 Å². The van der Waals surface area contributed by atoms with Gasteiger partial charge in [0.25, 0.3) is 0 Å². The van der Waals surface area contributed by atoms with Gasteiger partial charge in [-0.15, -0.1) is 0 Å². The van der Waals surface area contributed by atoms with Crippen molar-refractivity contribution in [1.82, 2.24) is 5.32 Å². The maximum Gasteiger partial charge on any atom is 0.471 e. The summed E-state index contributed by atoms with van der Waals surface area (Å²) in [5.74, 6) is 0. The normalized spacial score (nSPS) is 13.2. The molecule has 8 nitrogen and oxygen atoms in total. The van der Waals surface area contributed by atoms with Gasteiger partial charge in [-0.25, -0.2) is 4.57 Å². The number of aliphatic hydroxyl groups excluding tert-OH is 3. The molecule has 0 amide bonds. The zero-order valence-electron chi connectivity index (χ0n) is 9.28. The standard InChI is InChI=1S/C4H11NO2.C3H9O5P/c1-5-4(2-6)3-7;1-2-3(4)8-9(5,6)7/h4-7H,2-3H2,1H3;3-4H,2H2,1H3,(H2,5,6,7). The number of likely N-dealkylation sites (N-methyl/N-ethyl adjacent to an activating group) is 1. The molecule has 0 spiro atoms. The fourth-order valence-electron chi connectivity index (χ4n) is 0.473. The highest BCUT2D eigenvalue weighted by molar-refractivity contribution is 7.46. The van der Waals surface area contributed by atoms with E-state index in [1.165, 1.54) is 0 Å². The van der Waals surface area contributed by atoms with E-state index >= 15 is 0 Å². The monoisotopic (exact) mass is 261 g/mol. The smallest absolute Gasteiger partial charge is 0.395 e. The molecule has 0 aliphatic rings. The molecule has 0 aromatic carbocycles. The number of phosphoric acid groups is 1. The average molecular weight is 261 g/mol. The van der Waals surface area contributed by atoms with Crippen LogP contribution in [0.5, 0.6) is 0 Å². The van der Waals surface area contributed by atoms with Crippen molar-refractivity contribution in [3.8, 4) is 0 Å². The largest absolute Gasteiger partial charge is 0.471 e. The Kier molecular flexibility index (Phi) is 11.6. The van der Waals surface area contributed by atoms with E-state index < -0.39 is 14.1 Å². The first-order chi connectivity index (χ1) is 7.30. The van der Waals surface area contributed by atoms with Crippen molar-refractivity contribution in [2.24, 2.45) is 0 Å². The van der Waals surface area contributed by atoms with Crippen LogP contribution in [0, 0.1) is 0 Å². The number of nitrogens with one attached hydrogen (secondary N) is 1. The van der Waals surface area contributed by atoms with Gasteiger partial charge in [0.15, 0.2) is 6.29 Å². The molecule has 6 N–H and O–H groups in total. The molecule has 0 aliphatic carbocycles. The number of rotatable bonds is 6. The first-order valence-corrected chi connectivity index (χ1v) is 6.14. The SMILES string of the molecule is CCC(O)OP(=O)(O)O.CNC(CO)CO. The quantitative estimate of drug-likeness (QED) is 0.248. The van der Waals surface area contributed by atoms with Crippen molar-refractivity contribution >= 4 is 7.82 Å². The third-order valence-corrected chi connectivity index (χ3v) is 1.98. The van der Waals surface area contributed by atoms with Gasteiger partial charge in [-0.2, -0.15) is 0 Å². The molecule has 0 saturated carbocycles. The molecule has 0 bridgehead atoms. The van der Waals surface area contributed by atoms with Crippen LogP contribution in [0.1, 0.15) is 13.3 Å². The highest BCUT2D eigenvalue weighted by atomic mass is 31.2. The van der Waals surface area contributed by atoms with E-state index in [0.717, 1.165) is 0 Å². The van der Waals surface area contributed by atoms with Crippen molar-refractivity contribution in [3.05, 3.63) is 0 Å². The van der Waals surface area contributed by atoms with E-state index in [4.69, 9.17) is 25.1 Å². The molecule has 0 saturated heterocycles. The Morgan fingerprint density at radius 2 is 1.75 bits per heavy atom. The number of phosphoric ester groups is 1. The first-order valence-electron chi connectivity index (χ1n) is 4.61. The van der Waals surface area contributed by atoms with E-state index in [2.05, 4.69) is 9.84 Å². The summed E-state index contributed by atoms with van der Waals surface area (Å²) in [5.41, 5.74) is 0. The molecule has 0 aromatic heterocycles. The van der Waals surface area contributed by atoms with Crippen LogP contribution in [-0.2, 0) is 9.09 Å². The van der Waals surface area contributed by atoms with Crippen LogP contribution in [-0.4, -0.2) is 57.7 Å². The fourth-order valence-corrected chi connectivity index (χ4v) is 0.939. The maximum atomic E-state index is 9.91. The van der Waals surface area contributed by atoms with Crippen LogP contribution in [0.2, 0.25) is 0 Å². The average Bonchev–Trinajstić information content (AvgIpc) is 2.19. The van der Waals surface area contributed by atoms with Gasteiger partial charge >= 0.3 is 7.82 Å². The molecule has 100 valence electrons. The highest BCUT2D eigenvalue weighted by Gasteiger charge is 2.18. The van der Waals surface area contributed by atoms with Gasteiger partial charge in [0.2, 0.25) is 0 Å². The van der Waals surface area contributed by atoms with Crippen molar-refractivity contribution in [2.75, 3.05) is 20.3 Å². The number of hydrogen-bond acceptors (Lipinski definition) is 6. The molecule has 0 radical (unpaired) electrons. The summed E-state index contributed by atoms with van der Waals surface area (Å²) in [5, 5.41) is 27.8. The topological polar surface area (TPSA) is 139 Å². The predicted molar refractivity (Wildman–Crippen MR) is 56.4 cm³/mol. The lowest BCUT2D eigenvalue weighted by Gasteiger charge is -2.08. The second kappa shape index (κ2) is 10.1. The molecule has 0 aromatic rings. The van der Waals surface area contributed by atoms with Crippen LogP contribution < -0.4 is 5.32 Å². The van der Waals surface area contributed by atoms with Crippen molar-refractivity contribution < 1.29 is 34.2 Å². The third-order valence-electron chi connectivity index (χ3n) is 1.46. The van der Waals surface area contributed by atoms with Gasteiger partial charge in [-0.05, 0) is 13.5 Å². The number of aliphatic hydroxyl groups is 3. The molecule has 1 atom stereocenters. The summed E-state index contributed by atoms with van der Waals surface area (Å²) in [6.45, 7) is 1.53. The minimum absolute atomic E-state index is 0.00694. The highest BCUT2D eigenvalue weighted by Crippen LogP contribution is 2.37. The van der Waals surface area contributed by atoms with Gasteiger partial charge in [0.05, 0.1) is 19.3 Å². The summed E-state index contributed by atoms with van der Waals surface area (Å²) in [6, 6.07) is -0.153. The summed E-state index contributed by atoms with van der Waals surface area (Å²) >= 11 is 0. The van der Waals surface area contributed by atoms with Crippen molar-refractivity contribution in [2.45, 2.75) is 25.7 Å². The predicted octanol–water partition coefficient (Wildman–Crippen LogP) is -1.62. The Labute approximate surface area is 94.1 Å². The molecule has 16 heavy (non-hydrogen) atoms. The van der Waals surface area contributed by atoms with E-state index in [9.17, 15) is 4.57 Å². The van der Waals surface area contributed by atoms with Gasteiger partial charge in [0, 0.05) is 0 Å². The van der Waals surface area contributed by atoms with Gasteiger partial charge in [-0.3, -0.25) is 4.52 Å². The third kappa shape index (κ3) is 13.9. The minimum atomic E-state index is -4.49.